The number of nitrogens with zero attached hydrogens (tertiary/aromatic N) is 1. The molecule has 0 radical (unpaired) electrons. The van der Waals surface area contributed by atoms with Gasteiger partial charge in [-0.05, 0) is 18.9 Å². The number of hydrogen-bond acceptors (Lipinski definition) is 5. The van der Waals surface area contributed by atoms with E-state index in [-0.39, 0.29) is 5.88 Å². The highest BCUT2D eigenvalue weighted by molar-refractivity contribution is 5.17. The third-order valence-electron chi connectivity index (χ3n) is 2.82. The van der Waals surface area contributed by atoms with E-state index < -0.39 is 4.92 Å². The molecule has 0 amide bonds. The average molecular weight is 226 g/mol. The van der Waals surface area contributed by atoms with Crippen LogP contribution >= 0.6 is 0 Å². The Kier molecular flexibility index (Phi) is 3.21. The summed E-state index contributed by atoms with van der Waals surface area (Å²) in [7, 11) is 1.71. The van der Waals surface area contributed by atoms with Gasteiger partial charge in [0, 0.05) is 13.2 Å². The molecular formula is C10H14N2O4. The summed E-state index contributed by atoms with van der Waals surface area (Å²) in [5.41, 5.74) is 0. The van der Waals surface area contributed by atoms with Gasteiger partial charge >= 0.3 is 5.88 Å². The second-order valence-corrected chi connectivity index (χ2v) is 3.90. The summed E-state index contributed by atoms with van der Waals surface area (Å²) in [5, 5.41) is 13.6. The van der Waals surface area contributed by atoms with Crippen molar-refractivity contribution in [2.24, 2.45) is 0 Å². The molecule has 1 fully saturated rings. The maximum Gasteiger partial charge on any atom is 0.433 e. The van der Waals surface area contributed by atoms with E-state index in [1.807, 2.05) is 0 Å². The number of methoxy groups -OCH3 is 1. The van der Waals surface area contributed by atoms with E-state index in [1.165, 1.54) is 6.07 Å². The average Bonchev–Trinajstić information content (AvgIpc) is 2.64. The Labute approximate surface area is 92.7 Å². The second kappa shape index (κ2) is 4.63. The predicted molar refractivity (Wildman–Crippen MR) is 56.0 cm³/mol. The third-order valence-corrected chi connectivity index (χ3v) is 2.82. The Morgan fingerprint density at radius 1 is 1.62 bits per heavy atom. The molecule has 1 heterocycles. The van der Waals surface area contributed by atoms with Crippen LogP contribution in [0.25, 0.3) is 0 Å². The number of nitro groups is 1. The molecule has 0 atom stereocenters. The lowest BCUT2D eigenvalue weighted by Gasteiger charge is -2.34. The van der Waals surface area contributed by atoms with E-state index >= 15 is 0 Å². The molecule has 0 spiro atoms. The normalized spacial score (nSPS) is 24.1. The Morgan fingerprint density at radius 3 is 2.94 bits per heavy atom. The SMILES string of the molecule is COC1CC(NCc2ccc([N+](=O)[O-])o2)C1. The predicted octanol–water partition coefficient (Wildman–Crippen LogP) is 1.45. The van der Waals surface area contributed by atoms with Gasteiger partial charge in [0.05, 0.1) is 18.7 Å². The molecular weight excluding hydrogens is 212 g/mol. The molecule has 1 aromatic heterocycles. The highest BCUT2D eigenvalue weighted by Gasteiger charge is 2.28. The van der Waals surface area contributed by atoms with Gasteiger partial charge in [-0.25, -0.2) is 0 Å². The van der Waals surface area contributed by atoms with Crippen molar-refractivity contribution < 1.29 is 14.1 Å². The molecule has 16 heavy (non-hydrogen) atoms. The van der Waals surface area contributed by atoms with Gasteiger partial charge in [0.1, 0.15) is 10.7 Å². The standard InChI is InChI=1S/C10H14N2O4/c1-15-9-4-7(5-9)11-6-8-2-3-10(16-8)12(13)14/h2-3,7,9,11H,4-6H2,1H3. The van der Waals surface area contributed by atoms with Crippen molar-refractivity contribution in [1.82, 2.24) is 5.32 Å². The van der Waals surface area contributed by atoms with Crippen LogP contribution in [0, 0.1) is 10.1 Å². The van der Waals surface area contributed by atoms with Crippen LogP contribution in [0.2, 0.25) is 0 Å². The van der Waals surface area contributed by atoms with Crippen molar-refractivity contribution in [2.45, 2.75) is 31.5 Å². The lowest BCUT2D eigenvalue weighted by Crippen LogP contribution is -2.44. The minimum atomic E-state index is -0.534. The molecule has 0 bridgehead atoms. The minimum Gasteiger partial charge on any atom is -0.404 e. The molecule has 6 nitrogen and oxygen atoms in total. The van der Waals surface area contributed by atoms with Crippen LogP contribution < -0.4 is 5.32 Å². The summed E-state index contributed by atoms with van der Waals surface area (Å²) in [6.07, 6.45) is 2.32. The molecule has 1 aromatic rings. The monoisotopic (exact) mass is 226 g/mol. The van der Waals surface area contributed by atoms with Crippen LogP contribution in [0.4, 0.5) is 5.88 Å². The summed E-state index contributed by atoms with van der Waals surface area (Å²) in [6.45, 7) is 0.523. The smallest absolute Gasteiger partial charge is 0.404 e. The van der Waals surface area contributed by atoms with Crippen molar-refractivity contribution in [3.8, 4) is 0 Å². The van der Waals surface area contributed by atoms with Gasteiger partial charge in [0.25, 0.3) is 0 Å². The van der Waals surface area contributed by atoms with Gasteiger partial charge < -0.3 is 14.5 Å². The molecule has 1 aliphatic carbocycles. The molecule has 0 aliphatic heterocycles. The van der Waals surface area contributed by atoms with E-state index in [2.05, 4.69) is 5.32 Å². The molecule has 1 N–H and O–H groups in total. The topological polar surface area (TPSA) is 77.5 Å². The lowest BCUT2D eigenvalue weighted by molar-refractivity contribution is -0.402. The van der Waals surface area contributed by atoms with Crippen molar-refractivity contribution in [2.75, 3.05) is 7.11 Å². The minimum absolute atomic E-state index is 0.208. The van der Waals surface area contributed by atoms with E-state index in [0.29, 0.717) is 24.5 Å². The first-order valence-corrected chi connectivity index (χ1v) is 5.18. The Balaban J connectivity index is 1.75. The Hall–Kier alpha value is -1.40. The molecule has 6 heteroatoms. The molecule has 0 aromatic carbocycles. The fraction of sp³-hybridized carbons (Fsp3) is 0.600. The zero-order valence-electron chi connectivity index (χ0n) is 9.01. The van der Waals surface area contributed by atoms with E-state index in [0.717, 1.165) is 12.8 Å². The van der Waals surface area contributed by atoms with Crippen LogP contribution in [0.5, 0.6) is 0 Å². The molecule has 2 rings (SSSR count). The first-order chi connectivity index (χ1) is 7.69. The molecule has 1 aliphatic rings. The fourth-order valence-corrected chi connectivity index (χ4v) is 1.73. The highest BCUT2D eigenvalue weighted by atomic mass is 16.6. The molecule has 88 valence electrons. The zero-order chi connectivity index (χ0) is 11.5. The van der Waals surface area contributed by atoms with Crippen molar-refractivity contribution in [1.29, 1.82) is 0 Å². The number of furan rings is 1. The van der Waals surface area contributed by atoms with Crippen LogP contribution in [0.1, 0.15) is 18.6 Å². The van der Waals surface area contributed by atoms with Crippen LogP contribution in [-0.2, 0) is 11.3 Å². The Bertz CT molecular complexity index is 371. The van der Waals surface area contributed by atoms with E-state index in [1.54, 1.807) is 13.2 Å². The van der Waals surface area contributed by atoms with Crippen LogP contribution in [-0.4, -0.2) is 24.2 Å². The number of nitrogens with one attached hydrogen (secondary N) is 1. The highest BCUT2D eigenvalue weighted by Crippen LogP contribution is 2.23. The number of rotatable bonds is 5. The van der Waals surface area contributed by atoms with Crippen molar-refractivity contribution >= 4 is 5.88 Å². The maximum absolute atomic E-state index is 10.4. The number of ether oxygens (including phenoxy) is 1. The van der Waals surface area contributed by atoms with Gasteiger partial charge in [-0.1, -0.05) is 0 Å². The lowest BCUT2D eigenvalue weighted by atomic mass is 9.89. The summed E-state index contributed by atoms with van der Waals surface area (Å²) >= 11 is 0. The third kappa shape index (κ3) is 2.40. The second-order valence-electron chi connectivity index (χ2n) is 3.90. The number of hydrogen-bond donors (Lipinski definition) is 1. The summed E-state index contributed by atoms with van der Waals surface area (Å²) in [4.78, 5) is 9.84. The van der Waals surface area contributed by atoms with Crippen LogP contribution in [0.15, 0.2) is 16.5 Å². The van der Waals surface area contributed by atoms with Gasteiger partial charge in [0.2, 0.25) is 0 Å². The first-order valence-electron chi connectivity index (χ1n) is 5.18. The molecule has 1 saturated carbocycles. The van der Waals surface area contributed by atoms with Gasteiger partial charge in [-0.3, -0.25) is 10.1 Å². The zero-order valence-corrected chi connectivity index (χ0v) is 9.01. The van der Waals surface area contributed by atoms with Crippen LogP contribution in [0.3, 0.4) is 0 Å². The summed E-state index contributed by atoms with van der Waals surface area (Å²) < 4.78 is 10.2. The molecule has 0 saturated heterocycles. The van der Waals surface area contributed by atoms with Gasteiger partial charge in [0.15, 0.2) is 0 Å². The molecule has 0 unspecified atom stereocenters. The summed E-state index contributed by atoms with van der Waals surface area (Å²) in [6, 6.07) is 3.42. The fourth-order valence-electron chi connectivity index (χ4n) is 1.73. The Morgan fingerprint density at radius 2 is 2.38 bits per heavy atom. The van der Waals surface area contributed by atoms with Crippen molar-refractivity contribution in [3.05, 3.63) is 28.0 Å². The largest absolute Gasteiger partial charge is 0.433 e. The van der Waals surface area contributed by atoms with Gasteiger partial charge in [-0.2, -0.15) is 0 Å². The first kappa shape index (κ1) is 11.1. The van der Waals surface area contributed by atoms with E-state index in [4.69, 9.17) is 9.15 Å². The quantitative estimate of drug-likeness (QED) is 0.607. The maximum atomic E-state index is 10.4. The van der Waals surface area contributed by atoms with Gasteiger partial charge in [-0.15, -0.1) is 0 Å². The van der Waals surface area contributed by atoms with Crippen molar-refractivity contribution in [3.63, 3.8) is 0 Å². The summed E-state index contributed by atoms with van der Waals surface area (Å²) in [5.74, 6) is 0.382. The van der Waals surface area contributed by atoms with E-state index in [9.17, 15) is 10.1 Å².